The molecule has 37 heavy (non-hydrogen) atoms. The van der Waals surface area contributed by atoms with Crippen molar-refractivity contribution >= 4 is 40.4 Å². The summed E-state index contributed by atoms with van der Waals surface area (Å²) in [6.45, 7) is 9.78. The van der Waals surface area contributed by atoms with Crippen molar-refractivity contribution in [3.63, 3.8) is 0 Å². The van der Waals surface area contributed by atoms with Gasteiger partial charge >= 0.3 is 0 Å². The summed E-state index contributed by atoms with van der Waals surface area (Å²) in [5.41, 5.74) is 4.64. The van der Waals surface area contributed by atoms with Crippen LogP contribution in [0.4, 0.5) is 11.4 Å². The molecule has 1 aliphatic rings. The van der Waals surface area contributed by atoms with Gasteiger partial charge in [-0.25, -0.2) is 0 Å². The number of halogens is 1. The second-order valence-corrected chi connectivity index (χ2v) is 9.41. The number of hydrogen-bond acceptors (Lipinski definition) is 5. The average Bonchev–Trinajstić information content (AvgIpc) is 3.16. The van der Waals surface area contributed by atoms with Crippen LogP contribution >= 0.6 is 11.6 Å². The maximum atomic E-state index is 13.5. The van der Waals surface area contributed by atoms with Gasteiger partial charge in [0.15, 0.2) is 0 Å². The fraction of sp³-hybridized carbons (Fsp3) is 0.267. The molecule has 0 radical (unpaired) electrons. The summed E-state index contributed by atoms with van der Waals surface area (Å²) in [5.74, 6) is -1.35. The van der Waals surface area contributed by atoms with Crippen LogP contribution in [-0.4, -0.2) is 37.0 Å². The van der Waals surface area contributed by atoms with Gasteiger partial charge in [0.2, 0.25) is 0 Å². The molecule has 0 saturated carbocycles. The molecule has 1 saturated heterocycles. The van der Waals surface area contributed by atoms with E-state index in [1.807, 2.05) is 56.3 Å². The molecule has 1 heterocycles. The summed E-state index contributed by atoms with van der Waals surface area (Å²) in [4.78, 5) is 30.7. The van der Waals surface area contributed by atoms with E-state index < -0.39 is 17.7 Å². The van der Waals surface area contributed by atoms with E-state index in [-0.39, 0.29) is 11.3 Å². The van der Waals surface area contributed by atoms with E-state index >= 15 is 0 Å². The number of carbonyl (C=O) groups is 2. The highest BCUT2D eigenvalue weighted by Crippen LogP contribution is 2.44. The van der Waals surface area contributed by atoms with E-state index in [1.165, 1.54) is 12.0 Å². The molecule has 3 aromatic carbocycles. The van der Waals surface area contributed by atoms with Crippen LogP contribution in [0.1, 0.15) is 42.1 Å². The molecule has 0 aromatic heterocycles. The minimum atomic E-state index is -0.812. The number of rotatable bonds is 7. The molecule has 1 N–H and O–H groups in total. The molecular weight excluding hydrogens is 488 g/mol. The largest absolute Gasteiger partial charge is 0.507 e. The monoisotopic (exact) mass is 518 g/mol. The van der Waals surface area contributed by atoms with Gasteiger partial charge in [0, 0.05) is 30.0 Å². The first-order valence-electron chi connectivity index (χ1n) is 12.3. The van der Waals surface area contributed by atoms with Crippen LogP contribution in [0.2, 0.25) is 5.02 Å². The lowest BCUT2D eigenvalue weighted by molar-refractivity contribution is -0.132. The summed E-state index contributed by atoms with van der Waals surface area (Å²) in [7, 11) is 1.47. The quantitative estimate of drug-likeness (QED) is 0.221. The fourth-order valence-electron chi connectivity index (χ4n) is 4.81. The second-order valence-electron chi connectivity index (χ2n) is 9.00. The fourth-order valence-corrected chi connectivity index (χ4v) is 5.01. The first-order chi connectivity index (χ1) is 17.7. The van der Waals surface area contributed by atoms with E-state index in [2.05, 4.69) is 18.7 Å². The molecule has 192 valence electrons. The average molecular weight is 519 g/mol. The summed E-state index contributed by atoms with van der Waals surface area (Å²) >= 11 is 6.18. The van der Waals surface area contributed by atoms with Crippen molar-refractivity contribution in [2.75, 3.05) is 30.0 Å². The van der Waals surface area contributed by atoms with Gasteiger partial charge in [0.05, 0.1) is 23.7 Å². The van der Waals surface area contributed by atoms with Crippen molar-refractivity contribution in [2.24, 2.45) is 0 Å². The van der Waals surface area contributed by atoms with Crippen molar-refractivity contribution < 1.29 is 19.4 Å². The molecule has 1 amide bonds. The molecule has 0 bridgehead atoms. The zero-order valence-electron chi connectivity index (χ0n) is 21.7. The molecule has 7 heteroatoms. The Balaban J connectivity index is 1.94. The van der Waals surface area contributed by atoms with Crippen molar-refractivity contribution in [1.82, 2.24) is 0 Å². The van der Waals surface area contributed by atoms with Crippen molar-refractivity contribution in [3.8, 4) is 5.75 Å². The molecule has 1 fully saturated rings. The van der Waals surface area contributed by atoms with Gasteiger partial charge in [0.25, 0.3) is 11.7 Å². The molecule has 1 atom stereocenters. The number of benzene rings is 3. The topological polar surface area (TPSA) is 70.1 Å². The standard InChI is InChI=1S/C30H31ClN2O4/c1-6-32(7-2)22-14-11-20(12-15-22)27-26(28(34)21-13-16-23(31)25(17-21)37-5)29(35)30(36)33(27)24-10-8-9-18(3)19(24)4/h8-17,27,34H,6-7H2,1-5H3/b28-26+. The Morgan fingerprint density at radius 1 is 1.03 bits per heavy atom. The minimum Gasteiger partial charge on any atom is -0.507 e. The predicted octanol–water partition coefficient (Wildman–Crippen LogP) is 6.44. The van der Waals surface area contributed by atoms with Gasteiger partial charge in [0.1, 0.15) is 11.5 Å². The maximum absolute atomic E-state index is 13.5. The van der Waals surface area contributed by atoms with Crippen molar-refractivity contribution in [1.29, 1.82) is 0 Å². The van der Waals surface area contributed by atoms with Crippen LogP contribution in [0.25, 0.3) is 5.76 Å². The third-order valence-electron chi connectivity index (χ3n) is 7.04. The van der Waals surface area contributed by atoms with Crippen molar-refractivity contribution in [3.05, 3.63) is 93.5 Å². The van der Waals surface area contributed by atoms with Gasteiger partial charge in [-0.2, -0.15) is 0 Å². The molecule has 1 aliphatic heterocycles. The zero-order chi connectivity index (χ0) is 26.9. The van der Waals surface area contributed by atoms with Gasteiger partial charge in [-0.05, 0) is 80.8 Å². The minimum absolute atomic E-state index is 0.0193. The third-order valence-corrected chi connectivity index (χ3v) is 7.35. The van der Waals surface area contributed by atoms with Crippen LogP contribution in [0.5, 0.6) is 5.75 Å². The number of nitrogens with zero attached hydrogens (tertiary/aromatic N) is 2. The van der Waals surface area contributed by atoms with Crippen LogP contribution in [0.3, 0.4) is 0 Å². The number of aliphatic hydroxyl groups is 1. The van der Waals surface area contributed by atoms with Crippen LogP contribution in [0.15, 0.2) is 66.2 Å². The van der Waals surface area contributed by atoms with Crippen molar-refractivity contribution in [2.45, 2.75) is 33.7 Å². The Kier molecular flexibility index (Phi) is 7.60. The highest BCUT2D eigenvalue weighted by Gasteiger charge is 2.47. The highest BCUT2D eigenvalue weighted by molar-refractivity contribution is 6.51. The molecule has 6 nitrogen and oxygen atoms in total. The number of methoxy groups -OCH3 is 1. The second kappa shape index (κ2) is 10.7. The number of carbonyl (C=O) groups excluding carboxylic acids is 2. The van der Waals surface area contributed by atoms with E-state index in [1.54, 1.807) is 18.2 Å². The predicted molar refractivity (Wildman–Crippen MR) is 149 cm³/mol. The number of Topliss-reactive ketones (excluding diaryl/α,β-unsaturated/α-hetero) is 1. The summed E-state index contributed by atoms with van der Waals surface area (Å²) in [5, 5.41) is 11.8. The Bertz CT molecular complexity index is 1380. The summed E-state index contributed by atoms with van der Waals surface area (Å²) in [6, 6.07) is 17.4. The Hall–Kier alpha value is -3.77. The lowest BCUT2D eigenvalue weighted by Gasteiger charge is -2.28. The lowest BCUT2D eigenvalue weighted by atomic mass is 9.94. The van der Waals surface area contributed by atoms with Crippen LogP contribution < -0.4 is 14.5 Å². The Labute approximate surface area is 222 Å². The number of anilines is 2. The van der Waals surface area contributed by atoms with Crippen LogP contribution in [0, 0.1) is 13.8 Å². The summed E-state index contributed by atoms with van der Waals surface area (Å²) in [6.07, 6.45) is 0. The first kappa shape index (κ1) is 26.3. The number of aliphatic hydroxyl groups excluding tert-OH is 1. The molecule has 4 rings (SSSR count). The molecule has 0 spiro atoms. The van der Waals surface area contributed by atoms with Gasteiger partial charge < -0.3 is 14.7 Å². The van der Waals surface area contributed by atoms with E-state index in [0.29, 0.717) is 22.0 Å². The molecule has 0 aliphatic carbocycles. The Morgan fingerprint density at radius 2 is 1.70 bits per heavy atom. The molecule has 3 aromatic rings. The third kappa shape index (κ3) is 4.69. The number of ketones is 1. The van der Waals surface area contributed by atoms with Crippen LogP contribution in [-0.2, 0) is 9.59 Å². The first-order valence-corrected chi connectivity index (χ1v) is 12.7. The highest BCUT2D eigenvalue weighted by atomic mass is 35.5. The lowest BCUT2D eigenvalue weighted by Crippen LogP contribution is -2.30. The van der Waals surface area contributed by atoms with Gasteiger partial charge in [-0.3, -0.25) is 14.5 Å². The number of aryl methyl sites for hydroxylation is 1. The van der Waals surface area contributed by atoms with E-state index in [4.69, 9.17) is 16.3 Å². The van der Waals surface area contributed by atoms with Gasteiger partial charge in [-0.15, -0.1) is 0 Å². The van der Waals surface area contributed by atoms with E-state index in [0.717, 1.165) is 35.5 Å². The van der Waals surface area contributed by atoms with E-state index in [9.17, 15) is 14.7 Å². The SMILES string of the molecule is CCN(CC)c1ccc(C2/C(=C(\O)c3ccc(Cl)c(OC)c3)C(=O)C(=O)N2c2cccc(C)c2C)cc1. The smallest absolute Gasteiger partial charge is 0.300 e. The zero-order valence-corrected chi connectivity index (χ0v) is 22.5. The Morgan fingerprint density at radius 3 is 2.32 bits per heavy atom. The number of ether oxygens (including phenoxy) is 1. The normalized spacial score (nSPS) is 16.8. The number of amides is 1. The maximum Gasteiger partial charge on any atom is 0.300 e. The summed E-state index contributed by atoms with van der Waals surface area (Å²) < 4.78 is 5.30. The van der Waals surface area contributed by atoms with Gasteiger partial charge in [-0.1, -0.05) is 35.9 Å². The number of hydrogen-bond donors (Lipinski definition) is 1. The molecular formula is C30H31ClN2O4. The molecule has 1 unspecified atom stereocenters.